The maximum atomic E-state index is 14.0. The van der Waals surface area contributed by atoms with Gasteiger partial charge in [-0.1, -0.05) is 18.2 Å². The molecule has 0 unspecified atom stereocenters. The Labute approximate surface area is 241 Å². The van der Waals surface area contributed by atoms with E-state index in [0.717, 1.165) is 4.90 Å². The van der Waals surface area contributed by atoms with Gasteiger partial charge in [0, 0.05) is 18.2 Å². The van der Waals surface area contributed by atoms with E-state index >= 15 is 0 Å². The first kappa shape index (κ1) is 28.6. The fraction of sp³-hybridized carbons (Fsp3) is 0.115. The van der Waals surface area contributed by atoms with Crippen LogP contribution in [0.4, 0.5) is 14.9 Å². The number of anilines is 1. The summed E-state index contributed by atoms with van der Waals surface area (Å²) in [5, 5.41) is 2.02. The minimum atomic E-state index is -4.26. The topological polar surface area (TPSA) is 119 Å². The number of rotatable bonds is 8. The molecule has 1 aliphatic heterocycles. The van der Waals surface area contributed by atoms with Crippen molar-refractivity contribution in [2.45, 2.75) is 18.4 Å². The van der Waals surface area contributed by atoms with Crippen molar-refractivity contribution >= 4 is 73.3 Å². The summed E-state index contributed by atoms with van der Waals surface area (Å²) in [7, 11) is -2.93. The number of nitrogens with one attached hydrogen (secondary N) is 1. The highest BCUT2D eigenvalue weighted by Crippen LogP contribution is 2.39. The van der Waals surface area contributed by atoms with Gasteiger partial charge in [0.1, 0.15) is 10.7 Å². The second-order valence-electron chi connectivity index (χ2n) is 8.14. The summed E-state index contributed by atoms with van der Waals surface area (Å²) in [6.07, 6.45) is 1.47. The molecule has 13 heteroatoms. The molecule has 1 N–H and O–H groups in total. The number of thioether (sulfide) groups is 1. The molecule has 3 aromatic rings. The van der Waals surface area contributed by atoms with Crippen LogP contribution in [0.2, 0.25) is 0 Å². The van der Waals surface area contributed by atoms with E-state index in [1.165, 1.54) is 68.6 Å². The lowest BCUT2D eigenvalue weighted by Crippen LogP contribution is -2.27. The van der Waals surface area contributed by atoms with E-state index in [0.29, 0.717) is 26.6 Å². The van der Waals surface area contributed by atoms with E-state index in [4.69, 9.17) is 8.92 Å². The predicted molar refractivity (Wildman–Crippen MR) is 152 cm³/mol. The molecule has 0 spiro atoms. The summed E-state index contributed by atoms with van der Waals surface area (Å²) < 4.78 is 51.0. The molecule has 3 aromatic carbocycles. The third-order valence-corrected chi connectivity index (χ3v) is 8.31. The molecule has 1 saturated heterocycles. The van der Waals surface area contributed by atoms with Crippen LogP contribution in [0.5, 0.6) is 11.5 Å². The maximum absolute atomic E-state index is 14.0. The Morgan fingerprint density at radius 3 is 2.46 bits per heavy atom. The number of carbonyl (C=O) groups is 3. The number of ether oxygens (including phenoxy) is 1. The first-order valence-corrected chi connectivity index (χ1v) is 14.5. The molecule has 4 rings (SSSR count). The van der Waals surface area contributed by atoms with E-state index in [1.54, 1.807) is 12.1 Å². The second-order valence-corrected chi connectivity index (χ2v) is 11.8. The van der Waals surface area contributed by atoms with Crippen molar-refractivity contribution < 1.29 is 36.1 Å². The summed E-state index contributed by atoms with van der Waals surface area (Å²) in [6.45, 7) is 1.13. The van der Waals surface area contributed by atoms with Crippen molar-refractivity contribution in [2.24, 2.45) is 0 Å². The maximum Gasteiger partial charge on any atom is 0.339 e. The van der Waals surface area contributed by atoms with Crippen LogP contribution >= 0.6 is 34.4 Å². The van der Waals surface area contributed by atoms with E-state index in [1.807, 2.05) is 22.6 Å². The molecule has 0 aromatic heterocycles. The van der Waals surface area contributed by atoms with Crippen LogP contribution in [-0.2, 0) is 26.3 Å². The number of benzene rings is 3. The van der Waals surface area contributed by atoms with E-state index in [9.17, 15) is 27.2 Å². The van der Waals surface area contributed by atoms with Crippen LogP contribution in [0, 0.1) is 9.39 Å². The average Bonchev–Trinajstić information content (AvgIpc) is 3.14. The van der Waals surface area contributed by atoms with E-state index in [-0.39, 0.29) is 39.3 Å². The van der Waals surface area contributed by atoms with Crippen LogP contribution in [0.3, 0.4) is 0 Å². The number of amides is 3. The van der Waals surface area contributed by atoms with Gasteiger partial charge in [0.15, 0.2) is 11.5 Å². The normalized spacial score (nSPS) is 14.6. The molecule has 3 amide bonds. The standard InChI is InChI=1S/C26H20FIN2O7S2/c1-15(31)29-18-7-9-19(10-8-18)39(34,35)37-24-21(28)11-16(12-22(24)36-2)13-23-25(32)30(26(33)38-23)14-17-5-3-4-6-20(17)27/h3-13H,14H2,1-2H3,(H,29,31)/b23-13-. The number of halogens is 2. The van der Waals surface area contributed by atoms with Gasteiger partial charge < -0.3 is 14.2 Å². The highest BCUT2D eigenvalue weighted by atomic mass is 127. The summed E-state index contributed by atoms with van der Waals surface area (Å²) in [5.41, 5.74) is 1.10. The molecule has 0 atom stereocenters. The van der Waals surface area contributed by atoms with Crippen LogP contribution in [0.25, 0.3) is 6.08 Å². The van der Waals surface area contributed by atoms with Gasteiger partial charge in [-0.2, -0.15) is 8.42 Å². The van der Waals surface area contributed by atoms with Crippen molar-refractivity contribution in [2.75, 3.05) is 12.4 Å². The van der Waals surface area contributed by atoms with Crippen molar-refractivity contribution in [1.82, 2.24) is 4.90 Å². The Balaban J connectivity index is 1.57. The third-order valence-electron chi connectivity index (χ3n) is 5.37. The molecular formula is C26H20FIN2O7S2. The average molecular weight is 682 g/mol. The van der Waals surface area contributed by atoms with Crippen molar-refractivity contribution in [3.05, 3.63) is 86.1 Å². The van der Waals surface area contributed by atoms with Crippen LogP contribution < -0.4 is 14.2 Å². The quantitative estimate of drug-likeness (QED) is 0.191. The fourth-order valence-electron chi connectivity index (χ4n) is 3.55. The largest absolute Gasteiger partial charge is 0.493 e. The number of nitrogens with zero attached hydrogens (tertiary/aromatic N) is 1. The number of hydrogen-bond donors (Lipinski definition) is 1. The molecule has 0 saturated carbocycles. The van der Waals surface area contributed by atoms with E-state index < -0.39 is 27.1 Å². The minimum absolute atomic E-state index is 0.0613. The first-order chi connectivity index (χ1) is 18.5. The molecule has 1 heterocycles. The summed E-state index contributed by atoms with van der Waals surface area (Å²) in [6, 6.07) is 14.4. The van der Waals surface area contributed by atoms with Gasteiger partial charge in [0.05, 0.1) is 22.1 Å². The molecule has 1 fully saturated rings. The highest BCUT2D eigenvalue weighted by Gasteiger charge is 2.35. The summed E-state index contributed by atoms with van der Waals surface area (Å²) >= 11 is 2.59. The Hall–Kier alpha value is -3.43. The van der Waals surface area contributed by atoms with Crippen molar-refractivity contribution in [3.8, 4) is 11.5 Å². The first-order valence-electron chi connectivity index (χ1n) is 11.2. The molecule has 39 heavy (non-hydrogen) atoms. The zero-order valence-corrected chi connectivity index (χ0v) is 24.2. The van der Waals surface area contributed by atoms with Gasteiger partial charge in [-0.15, -0.1) is 0 Å². The van der Waals surface area contributed by atoms with Crippen LogP contribution in [0.15, 0.2) is 70.5 Å². The van der Waals surface area contributed by atoms with Gasteiger partial charge in [-0.3, -0.25) is 19.3 Å². The lowest BCUT2D eigenvalue weighted by Gasteiger charge is -2.14. The SMILES string of the molecule is COc1cc(/C=C2\SC(=O)N(Cc3ccccc3F)C2=O)cc(I)c1OS(=O)(=O)c1ccc(NC(C)=O)cc1. The van der Waals surface area contributed by atoms with E-state index in [2.05, 4.69) is 5.32 Å². The van der Waals surface area contributed by atoms with Gasteiger partial charge in [-0.05, 0) is 88.5 Å². The molecular weight excluding hydrogens is 662 g/mol. The van der Waals surface area contributed by atoms with Crippen LogP contribution in [-0.4, -0.2) is 37.5 Å². The Kier molecular flexibility index (Phi) is 8.61. The highest BCUT2D eigenvalue weighted by molar-refractivity contribution is 14.1. The van der Waals surface area contributed by atoms with Crippen LogP contribution in [0.1, 0.15) is 18.1 Å². The van der Waals surface area contributed by atoms with Gasteiger partial charge >= 0.3 is 10.1 Å². The van der Waals surface area contributed by atoms with Gasteiger partial charge in [-0.25, -0.2) is 4.39 Å². The lowest BCUT2D eigenvalue weighted by atomic mass is 10.1. The molecule has 9 nitrogen and oxygen atoms in total. The van der Waals surface area contributed by atoms with Gasteiger partial charge in [0.2, 0.25) is 5.91 Å². The Bertz CT molecular complexity index is 1610. The van der Waals surface area contributed by atoms with Crippen molar-refractivity contribution in [1.29, 1.82) is 0 Å². The fourth-order valence-corrected chi connectivity index (χ4v) is 6.23. The number of imide groups is 1. The van der Waals surface area contributed by atoms with Gasteiger partial charge in [0.25, 0.3) is 11.1 Å². The second kappa shape index (κ2) is 11.8. The molecule has 1 aliphatic rings. The summed E-state index contributed by atoms with van der Waals surface area (Å²) in [4.78, 5) is 37.5. The molecule has 0 bridgehead atoms. The monoisotopic (exact) mass is 682 g/mol. The Morgan fingerprint density at radius 2 is 1.82 bits per heavy atom. The number of hydrogen-bond acceptors (Lipinski definition) is 8. The minimum Gasteiger partial charge on any atom is -0.493 e. The Morgan fingerprint density at radius 1 is 1.13 bits per heavy atom. The molecule has 0 aliphatic carbocycles. The number of methoxy groups -OCH3 is 1. The zero-order chi connectivity index (χ0) is 28.3. The molecule has 0 radical (unpaired) electrons. The number of carbonyl (C=O) groups excluding carboxylic acids is 3. The molecule has 202 valence electrons. The predicted octanol–water partition coefficient (Wildman–Crippen LogP) is 5.40. The summed E-state index contributed by atoms with van der Waals surface area (Å²) in [5.74, 6) is -1.37. The smallest absolute Gasteiger partial charge is 0.339 e. The van der Waals surface area contributed by atoms with Crippen molar-refractivity contribution in [3.63, 3.8) is 0 Å². The third kappa shape index (κ3) is 6.59. The zero-order valence-electron chi connectivity index (χ0n) is 20.4. The lowest BCUT2D eigenvalue weighted by molar-refractivity contribution is -0.123.